The minimum Gasteiger partial charge on any atom is -0.489 e. The predicted octanol–water partition coefficient (Wildman–Crippen LogP) is 5.33. The van der Waals surface area contributed by atoms with Gasteiger partial charge in [0.1, 0.15) is 12.4 Å². The summed E-state index contributed by atoms with van der Waals surface area (Å²) in [6.07, 6.45) is -0.667. The highest BCUT2D eigenvalue weighted by molar-refractivity contribution is 5.95. The third kappa shape index (κ3) is 7.00. The summed E-state index contributed by atoms with van der Waals surface area (Å²) in [7, 11) is 0. The maximum absolute atomic E-state index is 12.4. The van der Waals surface area contributed by atoms with Crippen LogP contribution >= 0.6 is 0 Å². The molecule has 0 aromatic heterocycles. The van der Waals surface area contributed by atoms with E-state index < -0.39 is 12.1 Å². The van der Waals surface area contributed by atoms with Crippen molar-refractivity contribution in [1.29, 1.82) is 0 Å². The Balaban J connectivity index is 1.45. The molecular weight excluding hydrogens is 390 g/mol. The van der Waals surface area contributed by atoms with E-state index in [1.165, 1.54) is 0 Å². The van der Waals surface area contributed by atoms with Gasteiger partial charge in [0.2, 0.25) is 0 Å². The standard InChI is InChI=1S/C26H27NO4/c1-19(22-11-7-4-8-12-22)17-25(28)31-20(2)26(29)27-23-13-15-24(16-14-23)30-18-21-9-5-3-6-10-21/h3-16,19-20H,17-18H2,1-2H3,(H,27,29)/t19-,20+/m0/s1. The summed E-state index contributed by atoms with van der Waals surface area (Å²) < 4.78 is 11.1. The molecule has 0 bridgehead atoms. The van der Waals surface area contributed by atoms with E-state index in [0.717, 1.165) is 11.1 Å². The first-order valence-electron chi connectivity index (χ1n) is 10.3. The van der Waals surface area contributed by atoms with E-state index in [9.17, 15) is 9.59 Å². The van der Waals surface area contributed by atoms with Crippen LogP contribution in [0.25, 0.3) is 0 Å². The van der Waals surface area contributed by atoms with E-state index >= 15 is 0 Å². The first-order valence-corrected chi connectivity index (χ1v) is 10.3. The Morgan fingerprint density at radius 2 is 1.45 bits per heavy atom. The van der Waals surface area contributed by atoms with Crippen LogP contribution in [0.4, 0.5) is 5.69 Å². The molecule has 0 fully saturated rings. The van der Waals surface area contributed by atoms with Crippen molar-refractivity contribution < 1.29 is 19.1 Å². The largest absolute Gasteiger partial charge is 0.489 e. The number of anilines is 1. The SMILES string of the molecule is C[C@@H](OC(=O)C[C@H](C)c1ccccc1)C(=O)Nc1ccc(OCc2ccccc2)cc1. The van der Waals surface area contributed by atoms with Crippen molar-refractivity contribution >= 4 is 17.6 Å². The number of rotatable bonds is 9. The highest BCUT2D eigenvalue weighted by Gasteiger charge is 2.20. The van der Waals surface area contributed by atoms with Crippen LogP contribution in [0.5, 0.6) is 5.75 Å². The van der Waals surface area contributed by atoms with Crippen LogP contribution in [0.1, 0.15) is 37.3 Å². The molecule has 2 atom stereocenters. The van der Waals surface area contributed by atoms with Crippen LogP contribution < -0.4 is 10.1 Å². The zero-order valence-corrected chi connectivity index (χ0v) is 17.8. The second-order valence-corrected chi connectivity index (χ2v) is 7.44. The molecule has 0 saturated carbocycles. The molecule has 1 amide bonds. The van der Waals surface area contributed by atoms with Crippen LogP contribution in [0.2, 0.25) is 0 Å². The molecule has 0 spiro atoms. The number of hydrogen-bond acceptors (Lipinski definition) is 4. The van der Waals surface area contributed by atoms with Gasteiger partial charge in [-0.3, -0.25) is 9.59 Å². The second-order valence-electron chi connectivity index (χ2n) is 7.44. The van der Waals surface area contributed by atoms with Crippen LogP contribution in [0.15, 0.2) is 84.9 Å². The highest BCUT2D eigenvalue weighted by Crippen LogP contribution is 2.20. The van der Waals surface area contributed by atoms with Gasteiger partial charge in [-0.05, 0) is 48.2 Å². The molecule has 160 valence electrons. The minimum absolute atomic E-state index is 0.0207. The van der Waals surface area contributed by atoms with Crippen molar-refractivity contribution in [3.8, 4) is 5.75 Å². The third-order valence-electron chi connectivity index (χ3n) is 4.89. The van der Waals surface area contributed by atoms with Gasteiger partial charge in [0, 0.05) is 5.69 Å². The molecule has 3 aromatic rings. The molecule has 31 heavy (non-hydrogen) atoms. The normalized spacial score (nSPS) is 12.5. The summed E-state index contributed by atoms with van der Waals surface area (Å²) in [5, 5.41) is 2.76. The summed E-state index contributed by atoms with van der Waals surface area (Å²) >= 11 is 0. The van der Waals surface area contributed by atoms with Gasteiger partial charge < -0.3 is 14.8 Å². The molecule has 0 radical (unpaired) electrons. The molecule has 5 nitrogen and oxygen atoms in total. The van der Waals surface area contributed by atoms with Gasteiger partial charge in [-0.25, -0.2) is 0 Å². The van der Waals surface area contributed by atoms with Gasteiger partial charge in [-0.15, -0.1) is 0 Å². The quantitative estimate of drug-likeness (QED) is 0.478. The van der Waals surface area contributed by atoms with Crippen molar-refractivity contribution in [2.45, 2.75) is 38.9 Å². The van der Waals surface area contributed by atoms with Gasteiger partial charge in [0.15, 0.2) is 6.10 Å². The zero-order valence-electron chi connectivity index (χ0n) is 17.8. The van der Waals surface area contributed by atoms with Crippen molar-refractivity contribution in [2.75, 3.05) is 5.32 Å². The minimum atomic E-state index is -0.885. The topological polar surface area (TPSA) is 64.6 Å². The van der Waals surface area contributed by atoms with Crippen molar-refractivity contribution in [2.24, 2.45) is 0 Å². The van der Waals surface area contributed by atoms with E-state index in [0.29, 0.717) is 18.0 Å². The molecule has 0 aliphatic rings. The van der Waals surface area contributed by atoms with E-state index in [1.807, 2.05) is 67.6 Å². The van der Waals surface area contributed by atoms with E-state index in [-0.39, 0.29) is 18.2 Å². The monoisotopic (exact) mass is 417 g/mol. The summed E-state index contributed by atoms with van der Waals surface area (Å²) in [5.74, 6) is -0.0500. The number of esters is 1. The first-order chi connectivity index (χ1) is 15.0. The Bertz CT molecular complexity index is 971. The van der Waals surface area contributed by atoms with Crippen LogP contribution in [0, 0.1) is 0 Å². The number of hydrogen-bond donors (Lipinski definition) is 1. The molecule has 3 rings (SSSR count). The van der Waals surface area contributed by atoms with Crippen LogP contribution in [-0.2, 0) is 20.9 Å². The number of carbonyl (C=O) groups is 2. The zero-order chi connectivity index (χ0) is 22.1. The van der Waals surface area contributed by atoms with Crippen molar-refractivity contribution in [3.05, 3.63) is 96.1 Å². The maximum atomic E-state index is 12.4. The van der Waals surface area contributed by atoms with Gasteiger partial charge >= 0.3 is 5.97 Å². The molecule has 0 aliphatic carbocycles. The van der Waals surface area contributed by atoms with Crippen molar-refractivity contribution in [3.63, 3.8) is 0 Å². The van der Waals surface area contributed by atoms with Crippen LogP contribution in [0.3, 0.4) is 0 Å². The molecule has 0 heterocycles. The summed E-state index contributed by atoms with van der Waals surface area (Å²) in [5.41, 5.74) is 2.75. The summed E-state index contributed by atoms with van der Waals surface area (Å²) in [4.78, 5) is 24.6. The van der Waals surface area contributed by atoms with E-state index in [1.54, 1.807) is 31.2 Å². The molecule has 0 unspecified atom stereocenters. The smallest absolute Gasteiger partial charge is 0.307 e. The average Bonchev–Trinajstić information content (AvgIpc) is 2.79. The predicted molar refractivity (Wildman–Crippen MR) is 121 cm³/mol. The Morgan fingerprint density at radius 3 is 2.10 bits per heavy atom. The fraction of sp³-hybridized carbons (Fsp3) is 0.231. The number of ether oxygens (including phenoxy) is 2. The number of benzene rings is 3. The van der Waals surface area contributed by atoms with E-state index in [4.69, 9.17) is 9.47 Å². The average molecular weight is 418 g/mol. The van der Waals surface area contributed by atoms with Gasteiger partial charge in [0.05, 0.1) is 6.42 Å². The van der Waals surface area contributed by atoms with Crippen LogP contribution in [-0.4, -0.2) is 18.0 Å². The van der Waals surface area contributed by atoms with E-state index in [2.05, 4.69) is 5.32 Å². The molecule has 5 heteroatoms. The number of amides is 1. The van der Waals surface area contributed by atoms with Crippen molar-refractivity contribution in [1.82, 2.24) is 0 Å². The molecule has 3 aromatic carbocycles. The number of carbonyl (C=O) groups excluding carboxylic acids is 2. The van der Waals surface area contributed by atoms with Gasteiger partial charge in [0.25, 0.3) is 5.91 Å². The Morgan fingerprint density at radius 1 is 0.839 bits per heavy atom. The first kappa shape index (κ1) is 22.1. The highest BCUT2D eigenvalue weighted by atomic mass is 16.5. The lowest BCUT2D eigenvalue weighted by Crippen LogP contribution is -2.30. The fourth-order valence-electron chi connectivity index (χ4n) is 3.07. The fourth-order valence-corrected chi connectivity index (χ4v) is 3.07. The molecule has 0 aliphatic heterocycles. The summed E-state index contributed by atoms with van der Waals surface area (Å²) in [6, 6.07) is 26.7. The van der Waals surface area contributed by atoms with Gasteiger partial charge in [-0.1, -0.05) is 67.6 Å². The molecular formula is C26H27NO4. The second kappa shape index (κ2) is 11.0. The Kier molecular flexibility index (Phi) is 7.82. The molecule has 1 N–H and O–H groups in total. The Hall–Kier alpha value is -3.60. The maximum Gasteiger partial charge on any atom is 0.307 e. The number of nitrogens with one attached hydrogen (secondary N) is 1. The lowest BCUT2D eigenvalue weighted by atomic mass is 9.98. The Labute approximate surface area is 183 Å². The molecule has 0 saturated heterocycles. The third-order valence-corrected chi connectivity index (χ3v) is 4.89. The lowest BCUT2D eigenvalue weighted by molar-refractivity contribution is -0.153. The lowest BCUT2D eigenvalue weighted by Gasteiger charge is -2.16. The van der Waals surface area contributed by atoms with Gasteiger partial charge in [-0.2, -0.15) is 0 Å². The summed E-state index contributed by atoms with van der Waals surface area (Å²) in [6.45, 7) is 4.00.